The molecule has 2 bridgehead atoms. The van der Waals surface area contributed by atoms with Crippen LogP contribution in [-0.2, 0) is 14.7 Å². The van der Waals surface area contributed by atoms with Crippen molar-refractivity contribution in [3.63, 3.8) is 0 Å². The summed E-state index contributed by atoms with van der Waals surface area (Å²) in [5.74, 6) is 0.409. The SMILES string of the molecule is Cc1nc([C@@H]2CCN3C[C@@H]2N(OS(=O)(=O)[O-])C3=O)no1.[Na+]. The zero-order valence-corrected chi connectivity index (χ0v) is 14.2. The predicted molar refractivity (Wildman–Crippen MR) is 59.8 cm³/mol. The molecule has 0 aliphatic carbocycles. The predicted octanol–water partition coefficient (Wildman–Crippen LogP) is -3.63. The second-order valence-corrected chi connectivity index (χ2v) is 5.64. The number of rotatable bonds is 3. The summed E-state index contributed by atoms with van der Waals surface area (Å²) in [7, 11) is -5.02. The molecule has 0 aromatic carbocycles. The van der Waals surface area contributed by atoms with Crippen molar-refractivity contribution >= 4 is 16.4 Å². The Balaban J connectivity index is 0.00000161. The van der Waals surface area contributed by atoms with Gasteiger partial charge in [-0.3, -0.25) is 0 Å². The van der Waals surface area contributed by atoms with E-state index in [-0.39, 0.29) is 42.0 Å². The molecule has 2 atom stereocenters. The Morgan fingerprint density at radius 1 is 1.48 bits per heavy atom. The smallest absolute Gasteiger partial charge is 0.724 e. The molecule has 1 aromatic rings. The van der Waals surface area contributed by atoms with Gasteiger partial charge in [0.2, 0.25) is 16.3 Å². The van der Waals surface area contributed by atoms with Crippen LogP contribution in [0.5, 0.6) is 0 Å². The van der Waals surface area contributed by atoms with Gasteiger partial charge in [-0.25, -0.2) is 13.2 Å². The first-order valence-electron chi connectivity index (χ1n) is 5.89. The summed E-state index contributed by atoms with van der Waals surface area (Å²) >= 11 is 0. The van der Waals surface area contributed by atoms with E-state index in [2.05, 4.69) is 14.4 Å². The molecule has 0 N–H and O–H groups in total. The molecule has 0 radical (unpaired) electrons. The van der Waals surface area contributed by atoms with Crippen LogP contribution in [-0.4, -0.2) is 58.2 Å². The first-order chi connectivity index (χ1) is 9.35. The Labute approximate surface area is 142 Å². The third-order valence-corrected chi connectivity index (χ3v) is 3.73. The number of hydroxylamine groups is 2. The van der Waals surface area contributed by atoms with Crippen LogP contribution in [0.1, 0.15) is 24.1 Å². The average Bonchev–Trinajstić information content (AvgIpc) is 2.88. The van der Waals surface area contributed by atoms with E-state index in [0.29, 0.717) is 29.7 Å². The van der Waals surface area contributed by atoms with Crippen molar-refractivity contribution in [3.05, 3.63) is 11.7 Å². The normalized spacial score (nSPS) is 25.1. The zero-order valence-electron chi connectivity index (χ0n) is 11.4. The fourth-order valence-electron chi connectivity index (χ4n) is 2.58. The number of carbonyl (C=O) groups excluding carboxylic acids is 1. The standard InChI is InChI=1S/C9H12N4O6S.Na/c1-5-10-8(11-18-5)6-2-3-12-4-7(6)13(9(12)14)19-20(15,16)17;/h6-7H,2-4H2,1H3,(H,15,16,17);/q;+1/p-1/t6-,7+;/m1./s1. The molecule has 2 fully saturated rings. The van der Waals surface area contributed by atoms with Crippen molar-refractivity contribution in [3.8, 4) is 0 Å². The van der Waals surface area contributed by atoms with Crippen LogP contribution in [0, 0.1) is 6.92 Å². The van der Waals surface area contributed by atoms with Gasteiger partial charge < -0.3 is 14.0 Å². The minimum atomic E-state index is -5.02. The van der Waals surface area contributed by atoms with Crippen LogP contribution in [0.2, 0.25) is 0 Å². The Bertz CT molecular complexity index is 648. The van der Waals surface area contributed by atoms with Gasteiger partial charge in [-0.1, -0.05) is 5.16 Å². The number of aryl methyl sites for hydroxylation is 1. The molecule has 2 amide bonds. The van der Waals surface area contributed by atoms with E-state index >= 15 is 0 Å². The van der Waals surface area contributed by atoms with Crippen molar-refractivity contribution in [2.75, 3.05) is 13.1 Å². The van der Waals surface area contributed by atoms with E-state index in [0.717, 1.165) is 0 Å². The van der Waals surface area contributed by atoms with Gasteiger partial charge in [0, 0.05) is 25.9 Å². The number of amides is 2. The quantitative estimate of drug-likeness (QED) is 0.316. The molecule has 0 saturated carbocycles. The number of carbonyl (C=O) groups is 1. The maximum atomic E-state index is 11.9. The summed E-state index contributed by atoms with van der Waals surface area (Å²) < 4.78 is 41.3. The Kier molecular flexibility index (Phi) is 4.61. The number of hydrogen-bond donors (Lipinski definition) is 0. The van der Waals surface area contributed by atoms with Gasteiger partial charge in [0.25, 0.3) is 0 Å². The van der Waals surface area contributed by atoms with E-state index in [1.807, 2.05) is 0 Å². The summed E-state index contributed by atoms with van der Waals surface area (Å²) in [6.07, 6.45) is 0.536. The molecule has 3 rings (SSSR count). The van der Waals surface area contributed by atoms with E-state index < -0.39 is 22.5 Å². The summed E-state index contributed by atoms with van der Waals surface area (Å²) in [5.41, 5.74) is 0. The Morgan fingerprint density at radius 3 is 2.76 bits per heavy atom. The fourth-order valence-corrected chi connectivity index (χ4v) is 2.95. The molecular formula is C9H11N4NaO6S. The monoisotopic (exact) mass is 326 g/mol. The van der Waals surface area contributed by atoms with Crippen molar-refractivity contribution < 1.29 is 56.1 Å². The number of fused-ring (bicyclic) bond motifs is 2. The maximum absolute atomic E-state index is 11.9. The van der Waals surface area contributed by atoms with E-state index in [1.165, 1.54) is 4.90 Å². The van der Waals surface area contributed by atoms with Crippen molar-refractivity contribution in [2.24, 2.45) is 0 Å². The van der Waals surface area contributed by atoms with Gasteiger partial charge in [-0.2, -0.15) is 14.3 Å². The number of aromatic nitrogens is 2. The van der Waals surface area contributed by atoms with Crippen LogP contribution in [0.15, 0.2) is 4.52 Å². The first-order valence-corrected chi connectivity index (χ1v) is 7.22. The van der Waals surface area contributed by atoms with E-state index in [4.69, 9.17) is 4.52 Å². The van der Waals surface area contributed by atoms with E-state index in [1.54, 1.807) is 6.92 Å². The minimum absolute atomic E-state index is 0. The molecule has 10 nitrogen and oxygen atoms in total. The fraction of sp³-hybridized carbons (Fsp3) is 0.667. The summed E-state index contributed by atoms with van der Waals surface area (Å²) in [6.45, 7) is 2.29. The van der Waals surface area contributed by atoms with Crippen LogP contribution >= 0.6 is 0 Å². The topological polar surface area (TPSA) is 129 Å². The van der Waals surface area contributed by atoms with Gasteiger partial charge in [-0.15, -0.1) is 0 Å². The first kappa shape index (κ1) is 16.6. The van der Waals surface area contributed by atoms with Crippen LogP contribution in [0.25, 0.3) is 0 Å². The summed E-state index contributed by atoms with van der Waals surface area (Å²) in [6, 6.07) is -1.27. The molecule has 1 aromatic heterocycles. The molecule has 2 saturated heterocycles. The van der Waals surface area contributed by atoms with E-state index in [9.17, 15) is 17.8 Å². The Morgan fingerprint density at radius 2 is 2.19 bits per heavy atom. The number of hydrogen-bond acceptors (Lipinski definition) is 8. The van der Waals surface area contributed by atoms with Gasteiger partial charge in [0.1, 0.15) is 0 Å². The molecule has 2 aliphatic heterocycles. The molecule has 0 unspecified atom stereocenters. The molecule has 12 heteroatoms. The molecular weight excluding hydrogens is 315 g/mol. The van der Waals surface area contributed by atoms with Crippen molar-refractivity contribution in [2.45, 2.75) is 25.3 Å². The third kappa shape index (κ3) is 3.22. The molecule has 0 spiro atoms. The van der Waals surface area contributed by atoms with Gasteiger partial charge in [0.05, 0.1) is 6.04 Å². The molecule has 3 heterocycles. The van der Waals surface area contributed by atoms with Crippen molar-refractivity contribution in [1.29, 1.82) is 0 Å². The number of piperidine rings is 1. The van der Waals surface area contributed by atoms with Crippen LogP contribution < -0.4 is 29.6 Å². The third-order valence-electron chi connectivity index (χ3n) is 3.39. The average molecular weight is 326 g/mol. The van der Waals surface area contributed by atoms with Crippen LogP contribution in [0.4, 0.5) is 4.79 Å². The largest absolute Gasteiger partial charge is 1.00 e. The zero-order chi connectivity index (χ0) is 14.5. The number of urea groups is 1. The van der Waals surface area contributed by atoms with Crippen LogP contribution in [0.3, 0.4) is 0 Å². The summed E-state index contributed by atoms with van der Waals surface area (Å²) in [5, 5.41) is 4.39. The minimum Gasteiger partial charge on any atom is -0.724 e. The maximum Gasteiger partial charge on any atom is 1.00 e. The second-order valence-electron chi connectivity index (χ2n) is 4.67. The summed E-state index contributed by atoms with van der Waals surface area (Å²) in [4.78, 5) is 17.4. The molecule has 2 aliphatic rings. The van der Waals surface area contributed by atoms with Crippen molar-refractivity contribution in [1.82, 2.24) is 20.1 Å². The molecule has 21 heavy (non-hydrogen) atoms. The van der Waals surface area contributed by atoms with Gasteiger partial charge >= 0.3 is 35.6 Å². The van der Waals surface area contributed by atoms with Gasteiger partial charge in [0.15, 0.2) is 5.82 Å². The Hall–Kier alpha value is -0.720. The number of nitrogens with zero attached hydrogens (tertiary/aromatic N) is 4. The van der Waals surface area contributed by atoms with Gasteiger partial charge in [-0.05, 0) is 6.42 Å². The second kappa shape index (κ2) is 5.82. The molecule has 110 valence electrons.